The molecule has 1 aromatic heterocycles. The number of thiophene rings is 1. The molecule has 0 fully saturated rings. The van der Waals surface area contributed by atoms with Crippen molar-refractivity contribution >= 4 is 21.4 Å². The number of aliphatic hydroxyl groups is 1. The first kappa shape index (κ1) is 16.0. The van der Waals surface area contributed by atoms with Crippen LogP contribution < -0.4 is 4.74 Å². The highest BCUT2D eigenvalue weighted by atomic mass is 32.2. The third-order valence-electron chi connectivity index (χ3n) is 3.07. The normalized spacial score (nSPS) is 13.3. The Morgan fingerprint density at radius 3 is 2.48 bits per heavy atom. The number of benzene rings is 1. The number of hydrogen-bond donors (Lipinski definition) is 1. The topological polar surface area (TPSA) is 66.8 Å². The molecular formula is C14H17NO4S2. The molecule has 1 unspecified atom stereocenters. The summed E-state index contributed by atoms with van der Waals surface area (Å²) < 4.78 is 31.0. The van der Waals surface area contributed by atoms with Gasteiger partial charge in [0.25, 0.3) is 0 Å². The first-order valence-electron chi connectivity index (χ1n) is 6.27. The van der Waals surface area contributed by atoms with Crippen molar-refractivity contribution in [2.75, 3.05) is 20.7 Å². The Balaban J connectivity index is 2.14. The van der Waals surface area contributed by atoms with Gasteiger partial charge in [0.1, 0.15) is 11.9 Å². The molecule has 0 radical (unpaired) electrons. The molecule has 1 heterocycles. The van der Waals surface area contributed by atoms with E-state index in [1.54, 1.807) is 18.2 Å². The molecule has 2 rings (SSSR count). The average Bonchev–Trinajstić information content (AvgIpc) is 3.01. The van der Waals surface area contributed by atoms with Gasteiger partial charge < -0.3 is 9.84 Å². The summed E-state index contributed by atoms with van der Waals surface area (Å²) in [6, 6.07) is 9.77. The van der Waals surface area contributed by atoms with Crippen LogP contribution in [0.15, 0.2) is 46.7 Å². The molecule has 0 aliphatic carbocycles. The summed E-state index contributed by atoms with van der Waals surface area (Å²) in [6.07, 6.45) is -0.831. The average molecular weight is 327 g/mol. The van der Waals surface area contributed by atoms with E-state index in [1.165, 1.54) is 37.6 Å². The summed E-state index contributed by atoms with van der Waals surface area (Å²) in [5.41, 5.74) is 0. The molecule has 5 nitrogen and oxygen atoms in total. The molecule has 0 amide bonds. The molecule has 0 bridgehead atoms. The first-order chi connectivity index (χ1) is 9.95. The Morgan fingerprint density at radius 1 is 1.29 bits per heavy atom. The zero-order chi connectivity index (χ0) is 15.5. The summed E-state index contributed by atoms with van der Waals surface area (Å²) in [5, 5.41) is 11.9. The highest BCUT2D eigenvalue weighted by Crippen LogP contribution is 2.23. The molecule has 0 saturated heterocycles. The van der Waals surface area contributed by atoms with E-state index in [1.807, 2.05) is 11.4 Å². The van der Waals surface area contributed by atoms with E-state index in [2.05, 4.69) is 0 Å². The van der Waals surface area contributed by atoms with Crippen LogP contribution in [0.5, 0.6) is 5.75 Å². The molecule has 2 aromatic rings. The van der Waals surface area contributed by atoms with Crippen LogP contribution in [0.1, 0.15) is 11.0 Å². The van der Waals surface area contributed by atoms with Gasteiger partial charge in [-0.05, 0) is 35.7 Å². The zero-order valence-corrected chi connectivity index (χ0v) is 13.4. The van der Waals surface area contributed by atoms with Crippen LogP contribution in [0, 0.1) is 0 Å². The minimum Gasteiger partial charge on any atom is -0.497 e. The van der Waals surface area contributed by atoms with Crippen LogP contribution in [-0.2, 0) is 10.0 Å². The van der Waals surface area contributed by atoms with E-state index in [0.29, 0.717) is 5.75 Å². The Bertz CT molecular complexity index is 666. The third kappa shape index (κ3) is 3.62. The molecule has 0 spiro atoms. The minimum absolute atomic E-state index is 0.00881. The highest BCUT2D eigenvalue weighted by molar-refractivity contribution is 7.89. The fourth-order valence-electron chi connectivity index (χ4n) is 1.84. The van der Waals surface area contributed by atoms with E-state index < -0.39 is 16.1 Å². The molecular weight excluding hydrogens is 310 g/mol. The summed E-state index contributed by atoms with van der Waals surface area (Å²) >= 11 is 1.40. The molecule has 21 heavy (non-hydrogen) atoms. The summed E-state index contributed by atoms with van der Waals surface area (Å²) in [4.78, 5) is 0.913. The smallest absolute Gasteiger partial charge is 0.242 e. The van der Waals surface area contributed by atoms with Crippen molar-refractivity contribution in [2.45, 2.75) is 11.0 Å². The zero-order valence-electron chi connectivity index (χ0n) is 11.8. The Labute approximate surface area is 128 Å². The minimum atomic E-state index is -3.63. The number of aliphatic hydroxyl groups excluding tert-OH is 1. The monoisotopic (exact) mass is 327 g/mol. The molecule has 0 saturated carbocycles. The lowest BCUT2D eigenvalue weighted by molar-refractivity contribution is 0.158. The maximum Gasteiger partial charge on any atom is 0.242 e. The number of hydrogen-bond acceptors (Lipinski definition) is 5. The lowest BCUT2D eigenvalue weighted by Crippen LogP contribution is -2.31. The third-order valence-corrected chi connectivity index (χ3v) is 5.88. The number of methoxy groups -OCH3 is 1. The standard InChI is InChI=1S/C14H17NO4S2/c1-15(10-13(16)14-4-3-9-20-14)21(17,18)12-7-5-11(19-2)6-8-12/h3-9,13,16H,10H2,1-2H3. The molecule has 0 aliphatic heterocycles. The lowest BCUT2D eigenvalue weighted by atomic mass is 10.3. The maximum absolute atomic E-state index is 12.4. The van der Waals surface area contributed by atoms with Gasteiger partial charge in [-0.3, -0.25) is 0 Å². The van der Waals surface area contributed by atoms with Crippen LogP contribution in [-0.4, -0.2) is 38.5 Å². The Kier molecular flexibility index (Phi) is 5.00. The van der Waals surface area contributed by atoms with Crippen molar-refractivity contribution in [1.29, 1.82) is 0 Å². The lowest BCUT2D eigenvalue weighted by Gasteiger charge is -2.20. The second kappa shape index (κ2) is 6.57. The van der Waals surface area contributed by atoms with Crippen molar-refractivity contribution in [3.63, 3.8) is 0 Å². The van der Waals surface area contributed by atoms with Gasteiger partial charge in [0.15, 0.2) is 0 Å². The SMILES string of the molecule is COc1ccc(S(=O)(=O)N(C)CC(O)c2cccs2)cc1. The molecule has 1 N–H and O–H groups in total. The predicted molar refractivity (Wildman–Crippen MR) is 82.1 cm³/mol. The maximum atomic E-state index is 12.4. The number of likely N-dealkylation sites (N-methyl/N-ethyl adjacent to an activating group) is 1. The fraction of sp³-hybridized carbons (Fsp3) is 0.286. The summed E-state index contributed by atoms with van der Waals surface area (Å²) in [5.74, 6) is 0.593. The highest BCUT2D eigenvalue weighted by Gasteiger charge is 2.24. The quantitative estimate of drug-likeness (QED) is 0.882. The summed E-state index contributed by atoms with van der Waals surface area (Å²) in [6.45, 7) is 0.00881. The molecule has 1 atom stereocenters. The van der Waals surface area contributed by atoms with Gasteiger partial charge in [0.05, 0.1) is 12.0 Å². The van der Waals surface area contributed by atoms with Crippen LogP contribution in [0.2, 0.25) is 0 Å². The van der Waals surface area contributed by atoms with Gasteiger partial charge in [0.2, 0.25) is 10.0 Å². The van der Waals surface area contributed by atoms with E-state index in [0.717, 1.165) is 9.18 Å². The molecule has 7 heteroatoms. The number of rotatable bonds is 6. The Hall–Kier alpha value is -1.41. The van der Waals surface area contributed by atoms with Gasteiger partial charge in [0, 0.05) is 18.5 Å². The second-order valence-corrected chi connectivity index (χ2v) is 7.52. The van der Waals surface area contributed by atoms with Crippen LogP contribution in [0.25, 0.3) is 0 Å². The number of nitrogens with zero attached hydrogens (tertiary/aromatic N) is 1. The fourth-order valence-corrected chi connectivity index (χ4v) is 3.72. The van der Waals surface area contributed by atoms with Gasteiger partial charge in [-0.1, -0.05) is 6.07 Å². The van der Waals surface area contributed by atoms with Gasteiger partial charge in [-0.25, -0.2) is 8.42 Å². The first-order valence-corrected chi connectivity index (χ1v) is 8.59. The van der Waals surface area contributed by atoms with Crippen molar-refractivity contribution in [1.82, 2.24) is 4.31 Å². The van der Waals surface area contributed by atoms with Crippen molar-refractivity contribution in [2.24, 2.45) is 0 Å². The van der Waals surface area contributed by atoms with Gasteiger partial charge in [-0.2, -0.15) is 4.31 Å². The number of sulfonamides is 1. The van der Waals surface area contributed by atoms with Crippen LogP contribution >= 0.6 is 11.3 Å². The molecule has 1 aromatic carbocycles. The van der Waals surface area contributed by atoms with E-state index in [-0.39, 0.29) is 11.4 Å². The Morgan fingerprint density at radius 2 is 1.95 bits per heavy atom. The summed E-state index contributed by atoms with van der Waals surface area (Å²) in [7, 11) is -0.652. The van der Waals surface area contributed by atoms with Gasteiger partial charge in [-0.15, -0.1) is 11.3 Å². The second-order valence-electron chi connectivity index (χ2n) is 4.49. The van der Waals surface area contributed by atoms with E-state index >= 15 is 0 Å². The van der Waals surface area contributed by atoms with Crippen molar-refractivity contribution in [3.8, 4) is 5.75 Å². The number of ether oxygens (including phenoxy) is 1. The van der Waals surface area contributed by atoms with Crippen LogP contribution in [0.3, 0.4) is 0 Å². The largest absolute Gasteiger partial charge is 0.497 e. The molecule has 0 aliphatic rings. The predicted octanol–water partition coefficient (Wildman–Crippen LogP) is 2.11. The van der Waals surface area contributed by atoms with E-state index in [9.17, 15) is 13.5 Å². The van der Waals surface area contributed by atoms with Crippen molar-refractivity contribution < 1.29 is 18.3 Å². The van der Waals surface area contributed by atoms with Gasteiger partial charge >= 0.3 is 0 Å². The van der Waals surface area contributed by atoms with Crippen molar-refractivity contribution in [3.05, 3.63) is 46.7 Å². The van der Waals surface area contributed by atoms with E-state index in [4.69, 9.17) is 4.74 Å². The van der Waals surface area contributed by atoms with Crippen LogP contribution in [0.4, 0.5) is 0 Å². The molecule has 114 valence electrons.